The van der Waals surface area contributed by atoms with E-state index in [-0.39, 0.29) is 17.3 Å². The van der Waals surface area contributed by atoms with Crippen molar-refractivity contribution in [3.8, 4) is 0 Å². The number of ether oxygens (including phenoxy) is 2. The standard InChI is InChI=1S/C30H43N2O3S2/c1-28(2,3)35-27(33)32(31)21-25(29(4,5)26-36-17-18-37-26)20-24(19-22-13-9-7-10-14-22)30(32,34-6)23-15-11-8-12-16-23/h7-16,24-26H,17-21,31H2,1-6H3/q+1/t24-,25?,30+,32?/m1/s1. The summed E-state index contributed by atoms with van der Waals surface area (Å²) in [5.41, 5.74) is 0.327. The summed E-state index contributed by atoms with van der Waals surface area (Å²) < 4.78 is 12.6. The highest BCUT2D eigenvalue weighted by Gasteiger charge is 2.68. The maximum absolute atomic E-state index is 14.2. The molecule has 4 atom stereocenters. The number of nitrogens with two attached hydrogens (primary N) is 1. The van der Waals surface area contributed by atoms with Crippen LogP contribution in [0.3, 0.4) is 0 Å². The summed E-state index contributed by atoms with van der Waals surface area (Å²) in [5, 5.41) is 0. The van der Waals surface area contributed by atoms with Gasteiger partial charge in [0.25, 0.3) is 5.72 Å². The van der Waals surface area contributed by atoms with Crippen LogP contribution >= 0.6 is 23.5 Å². The third-order valence-corrected chi connectivity index (χ3v) is 11.8. The quantitative estimate of drug-likeness (QED) is 0.245. The minimum atomic E-state index is -1.10. The summed E-state index contributed by atoms with van der Waals surface area (Å²) >= 11 is 4.07. The van der Waals surface area contributed by atoms with Crippen LogP contribution in [0.4, 0.5) is 4.79 Å². The molecule has 2 N–H and O–H groups in total. The summed E-state index contributed by atoms with van der Waals surface area (Å²) in [5.74, 6) is 9.87. The van der Waals surface area contributed by atoms with Gasteiger partial charge in [-0.15, -0.1) is 28.1 Å². The molecule has 2 unspecified atom stereocenters. The number of nitrogens with zero attached hydrogens (tertiary/aromatic N) is 1. The number of hydrogen-bond donors (Lipinski definition) is 1. The number of benzene rings is 2. The van der Waals surface area contributed by atoms with Crippen molar-refractivity contribution in [3.05, 3.63) is 71.8 Å². The van der Waals surface area contributed by atoms with Crippen molar-refractivity contribution in [3.63, 3.8) is 0 Å². The molecule has 2 aromatic rings. The van der Waals surface area contributed by atoms with Gasteiger partial charge in [-0.1, -0.05) is 62.4 Å². The number of rotatable bonds is 6. The topological polar surface area (TPSA) is 61.5 Å². The molecule has 0 spiro atoms. The molecule has 0 aromatic heterocycles. The zero-order valence-electron chi connectivity index (χ0n) is 23.1. The third-order valence-electron chi connectivity index (χ3n) is 8.05. The Balaban J connectivity index is 1.89. The predicted molar refractivity (Wildman–Crippen MR) is 155 cm³/mol. The first-order chi connectivity index (χ1) is 17.4. The fourth-order valence-electron chi connectivity index (χ4n) is 6.17. The van der Waals surface area contributed by atoms with Gasteiger partial charge in [-0.3, -0.25) is 0 Å². The van der Waals surface area contributed by atoms with E-state index in [4.69, 9.17) is 15.3 Å². The normalized spacial score (nSPS) is 29.3. The van der Waals surface area contributed by atoms with Crippen molar-refractivity contribution < 1.29 is 18.9 Å². The van der Waals surface area contributed by atoms with Crippen molar-refractivity contribution in [2.75, 3.05) is 25.2 Å². The van der Waals surface area contributed by atoms with Gasteiger partial charge in [-0.2, -0.15) is 10.6 Å². The lowest BCUT2D eigenvalue weighted by molar-refractivity contribution is -0.972. The Hall–Kier alpha value is -1.51. The lowest BCUT2D eigenvalue weighted by atomic mass is 9.66. The van der Waals surface area contributed by atoms with Crippen molar-refractivity contribution in [2.45, 2.75) is 63.4 Å². The molecule has 2 heterocycles. The molecular formula is C30H43N2O3S2+. The first-order valence-electron chi connectivity index (χ1n) is 13.2. The number of carbonyl (C=O) groups is 1. The Morgan fingerprint density at radius 3 is 2.11 bits per heavy atom. The Kier molecular flexibility index (Phi) is 8.42. The van der Waals surface area contributed by atoms with E-state index < -0.39 is 22.0 Å². The second kappa shape index (κ2) is 10.9. The third kappa shape index (κ3) is 5.48. The van der Waals surface area contributed by atoms with Gasteiger partial charge in [0, 0.05) is 30.1 Å². The summed E-state index contributed by atoms with van der Waals surface area (Å²) in [6, 6.07) is 20.6. The fourth-order valence-corrected chi connectivity index (χ4v) is 9.57. The second-order valence-electron chi connectivity index (χ2n) is 12.0. The Bertz CT molecular complexity index is 1050. The van der Waals surface area contributed by atoms with E-state index in [1.54, 1.807) is 7.11 Å². The molecule has 4 rings (SSSR count). The molecule has 0 bridgehead atoms. The van der Waals surface area contributed by atoms with E-state index in [0.717, 1.165) is 18.4 Å². The van der Waals surface area contributed by atoms with Crippen molar-refractivity contribution in [1.29, 1.82) is 0 Å². The summed E-state index contributed by atoms with van der Waals surface area (Å²) in [4.78, 5) is 14.2. The van der Waals surface area contributed by atoms with Crippen molar-refractivity contribution in [1.82, 2.24) is 0 Å². The zero-order valence-corrected chi connectivity index (χ0v) is 24.7. The maximum Gasteiger partial charge on any atom is 0.539 e. The summed E-state index contributed by atoms with van der Waals surface area (Å²) in [6.45, 7) is 10.9. The number of methoxy groups -OCH3 is 1. The van der Waals surface area contributed by atoms with Crippen LogP contribution in [-0.4, -0.2) is 46.0 Å². The smallest absolute Gasteiger partial charge is 0.413 e. The lowest BCUT2D eigenvalue weighted by Crippen LogP contribution is -2.78. The van der Waals surface area contributed by atoms with Crippen LogP contribution in [0, 0.1) is 17.3 Å². The van der Waals surface area contributed by atoms with Crippen LogP contribution in [0.25, 0.3) is 0 Å². The number of thioether (sulfide) groups is 2. The summed E-state index contributed by atoms with van der Waals surface area (Å²) in [6.07, 6.45) is 1.21. The minimum absolute atomic E-state index is 0.0256. The van der Waals surface area contributed by atoms with Crippen LogP contribution in [0.2, 0.25) is 0 Å². The minimum Gasteiger partial charge on any atom is -0.413 e. The van der Waals surface area contributed by atoms with Gasteiger partial charge in [0.2, 0.25) is 0 Å². The average Bonchev–Trinajstić information content (AvgIpc) is 3.40. The molecule has 0 radical (unpaired) electrons. The molecule has 7 heteroatoms. The van der Waals surface area contributed by atoms with Crippen LogP contribution in [0.15, 0.2) is 60.7 Å². The Morgan fingerprint density at radius 1 is 1.00 bits per heavy atom. The van der Waals surface area contributed by atoms with E-state index in [9.17, 15) is 4.79 Å². The highest BCUT2D eigenvalue weighted by atomic mass is 32.2. The number of carbonyl (C=O) groups excluding carboxylic acids is 1. The number of hydrogen-bond acceptors (Lipinski definition) is 6. The molecule has 2 fully saturated rings. The van der Waals surface area contributed by atoms with Gasteiger partial charge in [-0.25, -0.2) is 0 Å². The summed E-state index contributed by atoms with van der Waals surface area (Å²) in [7, 11) is 1.70. The van der Waals surface area contributed by atoms with Gasteiger partial charge >= 0.3 is 6.09 Å². The number of quaternary nitrogens is 1. The molecular weight excluding hydrogens is 500 g/mol. The lowest BCUT2D eigenvalue weighted by Gasteiger charge is -2.56. The molecule has 37 heavy (non-hydrogen) atoms. The van der Waals surface area contributed by atoms with Gasteiger partial charge in [0.1, 0.15) is 12.1 Å². The van der Waals surface area contributed by atoms with Crippen LogP contribution < -0.4 is 5.84 Å². The van der Waals surface area contributed by atoms with Gasteiger partial charge in [-0.05, 0) is 56.7 Å². The average molecular weight is 544 g/mol. The van der Waals surface area contributed by atoms with Gasteiger partial charge in [0.05, 0.1) is 10.5 Å². The first kappa shape index (κ1) is 28.5. The van der Waals surface area contributed by atoms with E-state index >= 15 is 0 Å². The predicted octanol–water partition coefficient (Wildman–Crippen LogP) is 6.82. The van der Waals surface area contributed by atoms with Crippen molar-refractivity contribution in [2.24, 2.45) is 23.1 Å². The van der Waals surface area contributed by atoms with E-state index in [0.29, 0.717) is 11.1 Å². The molecule has 2 aromatic carbocycles. The Labute approximate surface area is 231 Å². The SMILES string of the molecule is CO[C@@]1(c2ccccc2)[C@H](Cc2ccccc2)CC(C(C)(C)C2SCCS2)C[N+]1(N)C(=O)OC(C)(C)C. The largest absolute Gasteiger partial charge is 0.539 e. The number of amides is 1. The highest BCUT2D eigenvalue weighted by Crippen LogP contribution is 2.56. The molecule has 2 saturated heterocycles. The first-order valence-corrected chi connectivity index (χ1v) is 15.3. The van der Waals surface area contributed by atoms with Crippen LogP contribution in [0.5, 0.6) is 0 Å². The number of piperidine rings is 1. The Morgan fingerprint density at radius 2 is 1.57 bits per heavy atom. The molecule has 2 aliphatic heterocycles. The fraction of sp³-hybridized carbons (Fsp3) is 0.567. The highest BCUT2D eigenvalue weighted by molar-refractivity contribution is 8.20. The zero-order chi connectivity index (χ0) is 26.9. The molecule has 0 saturated carbocycles. The van der Waals surface area contributed by atoms with Gasteiger partial charge in [0.15, 0.2) is 0 Å². The maximum atomic E-state index is 14.2. The van der Waals surface area contributed by atoms with Gasteiger partial charge < -0.3 is 9.47 Å². The monoisotopic (exact) mass is 543 g/mol. The second-order valence-corrected chi connectivity index (χ2v) is 14.7. The number of likely N-dealkylation sites (tertiary alicyclic amines) is 1. The van der Waals surface area contributed by atoms with Crippen LogP contribution in [0.1, 0.15) is 52.2 Å². The van der Waals surface area contributed by atoms with E-state index in [1.807, 2.05) is 80.7 Å². The molecule has 202 valence electrons. The molecule has 1 amide bonds. The van der Waals surface area contributed by atoms with E-state index in [1.165, 1.54) is 17.1 Å². The van der Waals surface area contributed by atoms with Crippen LogP contribution in [-0.2, 0) is 21.6 Å². The van der Waals surface area contributed by atoms with E-state index in [2.05, 4.69) is 38.1 Å². The molecule has 0 aliphatic carbocycles. The molecule has 2 aliphatic rings. The molecule has 5 nitrogen and oxygen atoms in total. The van der Waals surface area contributed by atoms with Crippen molar-refractivity contribution >= 4 is 29.6 Å².